The zero-order valence-electron chi connectivity index (χ0n) is 25.8. The van der Waals surface area contributed by atoms with E-state index in [4.69, 9.17) is 19.2 Å². The molecular formula is C32H37N3O8Si. The van der Waals surface area contributed by atoms with Gasteiger partial charge in [-0.2, -0.15) is 0 Å². The van der Waals surface area contributed by atoms with E-state index in [9.17, 15) is 24.3 Å². The van der Waals surface area contributed by atoms with E-state index >= 15 is 0 Å². The summed E-state index contributed by atoms with van der Waals surface area (Å²) >= 11 is 0. The zero-order chi connectivity index (χ0) is 32.2. The van der Waals surface area contributed by atoms with E-state index in [2.05, 4.69) is 25.0 Å². The predicted octanol–water partition coefficient (Wildman–Crippen LogP) is 3.96. The van der Waals surface area contributed by atoms with Crippen LogP contribution in [0.5, 0.6) is 5.75 Å². The molecule has 232 valence electrons. The van der Waals surface area contributed by atoms with Gasteiger partial charge in [-0.05, 0) is 68.3 Å². The summed E-state index contributed by atoms with van der Waals surface area (Å²) < 4.78 is 18.0. The van der Waals surface area contributed by atoms with Gasteiger partial charge in [0.2, 0.25) is 5.60 Å². The van der Waals surface area contributed by atoms with Crippen molar-refractivity contribution in [2.45, 2.75) is 77.6 Å². The molecular weight excluding hydrogens is 582 g/mol. The summed E-state index contributed by atoms with van der Waals surface area (Å²) in [6.07, 6.45) is 1.07. The van der Waals surface area contributed by atoms with Gasteiger partial charge in [-0.25, -0.2) is 14.6 Å². The number of cyclic esters (lactones) is 1. The van der Waals surface area contributed by atoms with Gasteiger partial charge in [0, 0.05) is 10.9 Å². The lowest BCUT2D eigenvalue weighted by Crippen LogP contribution is -2.49. The van der Waals surface area contributed by atoms with E-state index in [0.29, 0.717) is 16.9 Å². The van der Waals surface area contributed by atoms with Crippen LogP contribution in [0.1, 0.15) is 50.8 Å². The van der Waals surface area contributed by atoms with Crippen LogP contribution in [0.25, 0.3) is 22.3 Å². The second kappa shape index (κ2) is 10.9. The summed E-state index contributed by atoms with van der Waals surface area (Å²) in [6, 6.07) is 7.51. The van der Waals surface area contributed by atoms with Gasteiger partial charge in [0.25, 0.3) is 5.56 Å². The minimum Gasteiger partial charge on any atom is -0.508 e. The highest BCUT2D eigenvalue weighted by molar-refractivity contribution is 6.92. The van der Waals surface area contributed by atoms with Crippen molar-refractivity contribution in [3.05, 3.63) is 64.0 Å². The molecule has 12 heteroatoms. The molecule has 1 amide bonds. The highest BCUT2D eigenvalue weighted by Gasteiger charge is 2.50. The van der Waals surface area contributed by atoms with Crippen molar-refractivity contribution in [3.63, 3.8) is 0 Å². The molecule has 0 radical (unpaired) electrons. The number of carbonyl (C=O) groups is 3. The molecule has 44 heavy (non-hydrogen) atoms. The Morgan fingerprint density at radius 1 is 1.23 bits per heavy atom. The van der Waals surface area contributed by atoms with Gasteiger partial charge in [-0.3, -0.25) is 9.59 Å². The highest BCUT2D eigenvalue weighted by Crippen LogP contribution is 2.41. The number of alkyl carbamates (subject to hydrolysis) is 1. The van der Waals surface area contributed by atoms with E-state index in [0.717, 1.165) is 22.2 Å². The number of amides is 1. The monoisotopic (exact) mass is 619 g/mol. The lowest BCUT2D eigenvalue weighted by molar-refractivity contribution is -0.188. The SMILES string of the molecule is C=CC[Si](C)(C)c1c2c(nc3ccc(O)cc13)-c1cc3c(c(=O)n1C2)COC(=O)C3(CC)OC(=O)CNC(=O)OC(C)(C)C. The van der Waals surface area contributed by atoms with Crippen LogP contribution in [0.4, 0.5) is 4.79 Å². The molecule has 2 aliphatic heterocycles. The van der Waals surface area contributed by atoms with Crippen molar-refractivity contribution in [1.29, 1.82) is 0 Å². The number of phenolic OH excluding ortho intramolecular Hbond substituents is 1. The maximum absolute atomic E-state index is 14.0. The average molecular weight is 620 g/mol. The lowest BCUT2D eigenvalue weighted by atomic mass is 9.85. The Balaban J connectivity index is 1.63. The number of rotatable bonds is 7. The third-order valence-corrected chi connectivity index (χ3v) is 11.3. The van der Waals surface area contributed by atoms with Crippen LogP contribution in [0, 0.1) is 0 Å². The average Bonchev–Trinajstić information content (AvgIpc) is 3.29. The summed E-state index contributed by atoms with van der Waals surface area (Å²) in [4.78, 5) is 57.4. The number of hydrogen-bond acceptors (Lipinski definition) is 9. The first-order valence-electron chi connectivity index (χ1n) is 14.5. The van der Waals surface area contributed by atoms with Crippen molar-refractivity contribution in [2.24, 2.45) is 0 Å². The topological polar surface area (TPSA) is 146 Å². The first kappa shape index (κ1) is 31.0. The number of phenols is 1. The number of benzene rings is 1. The molecule has 0 saturated carbocycles. The van der Waals surface area contributed by atoms with Crippen molar-refractivity contribution in [2.75, 3.05) is 6.54 Å². The third-order valence-electron chi connectivity index (χ3n) is 8.03. The highest BCUT2D eigenvalue weighted by atomic mass is 28.3. The number of hydrogen-bond donors (Lipinski definition) is 2. The van der Waals surface area contributed by atoms with E-state index in [1.165, 1.54) is 0 Å². The van der Waals surface area contributed by atoms with Crippen molar-refractivity contribution in [3.8, 4) is 17.1 Å². The number of fused-ring (bicyclic) bond motifs is 5. The van der Waals surface area contributed by atoms with Crippen LogP contribution in [0.15, 0.2) is 41.7 Å². The molecule has 5 rings (SSSR count). The number of allylic oxidation sites excluding steroid dienone is 1. The number of nitrogens with one attached hydrogen (secondary N) is 1. The smallest absolute Gasteiger partial charge is 0.408 e. The van der Waals surface area contributed by atoms with Gasteiger partial charge < -0.3 is 29.2 Å². The first-order chi connectivity index (χ1) is 20.6. The minimum atomic E-state index is -2.19. The number of esters is 2. The third kappa shape index (κ3) is 5.27. The molecule has 2 aromatic heterocycles. The van der Waals surface area contributed by atoms with Gasteiger partial charge >= 0.3 is 18.0 Å². The molecule has 2 aliphatic rings. The van der Waals surface area contributed by atoms with Crippen LogP contribution in [-0.2, 0) is 42.6 Å². The quantitative estimate of drug-likeness (QED) is 0.136. The number of aromatic hydroxyl groups is 1. The summed E-state index contributed by atoms with van der Waals surface area (Å²) in [5, 5.41) is 14.6. The van der Waals surface area contributed by atoms with Crippen molar-refractivity contribution in [1.82, 2.24) is 14.9 Å². The van der Waals surface area contributed by atoms with Crippen molar-refractivity contribution >= 4 is 42.2 Å². The largest absolute Gasteiger partial charge is 0.508 e. The Labute approximate surface area is 255 Å². The van der Waals surface area contributed by atoms with E-state index < -0.39 is 43.9 Å². The molecule has 11 nitrogen and oxygen atoms in total. The Morgan fingerprint density at radius 2 is 1.95 bits per heavy atom. The Morgan fingerprint density at radius 3 is 2.61 bits per heavy atom. The standard InChI is InChI=1S/C32H37N3O8Si/c1-8-12-44(6,7)27-19-13-18(36)10-11-23(19)34-26-20(27)16-35-24(26)14-22-21(28(35)38)17-41-29(39)32(22,9-2)42-25(37)15-33-30(40)43-31(3,4)5/h8,10-11,13-14,36H,1,9,12,15-17H2,2-7H3,(H,33,40). The van der Waals surface area contributed by atoms with Crippen LogP contribution in [-0.4, -0.2) is 52.9 Å². The molecule has 1 atom stereocenters. The van der Waals surface area contributed by atoms with Crippen LogP contribution >= 0.6 is 0 Å². The molecule has 1 unspecified atom stereocenters. The predicted molar refractivity (Wildman–Crippen MR) is 166 cm³/mol. The Kier molecular flexibility index (Phi) is 7.69. The maximum Gasteiger partial charge on any atom is 0.408 e. The van der Waals surface area contributed by atoms with Crippen LogP contribution in [0.3, 0.4) is 0 Å². The molecule has 0 fully saturated rings. The molecule has 0 bridgehead atoms. The van der Waals surface area contributed by atoms with Crippen LogP contribution < -0.4 is 16.1 Å². The molecule has 2 N–H and O–H groups in total. The fraction of sp³-hybridized carbons (Fsp3) is 0.406. The van der Waals surface area contributed by atoms with Crippen molar-refractivity contribution < 1.29 is 33.7 Å². The second-order valence-electron chi connectivity index (χ2n) is 12.8. The zero-order valence-corrected chi connectivity index (χ0v) is 26.8. The Hall–Kier alpha value is -4.45. The van der Waals surface area contributed by atoms with Gasteiger partial charge in [-0.15, -0.1) is 6.58 Å². The summed E-state index contributed by atoms with van der Waals surface area (Å²) in [6.45, 7) is 14.5. The molecule has 4 heterocycles. The van der Waals surface area contributed by atoms with E-state index in [1.807, 2.05) is 6.08 Å². The minimum absolute atomic E-state index is 0.0122. The maximum atomic E-state index is 14.0. The second-order valence-corrected chi connectivity index (χ2v) is 17.5. The summed E-state index contributed by atoms with van der Waals surface area (Å²) in [5.41, 5.74) is 0.0555. The van der Waals surface area contributed by atoms with Crippen LogP contribution in [0.2, 0.25) is 19.1 Å². The molecule has 0 aliphatic carbocycles. The first-order valence-corrected chi connectivity index (χ1v) is 17.7. The molecule has 0 spiro atoms. The Bertz CT molecular complexity index is 1790. The molecule has 3 aromatic rings. The normalized spacial score (nSPS) is 17.3. The number of aromatic nitrogens is 2. The number of nitrogens with zero attached hydrogens (tertiary/aromatic N) is 2. The number of carbonyl (C=O) groups excluding carboxylic acids is 3. The van der Waals surface area contributed by atoms with Gasteiger partial charge in [-0.1, -0.05) is 26.1 Å². The fourth-order valence-electron chi connectivity index (χ4n) is 6.15. The van der Waals surface area contributed by atoms with Gasteiger partial charge in [0.05, 0.1) is 37.1 Å². The molecule has 0 saturated heterocycles. The van der Waals surface area contributed by atoms with E-state index in [1.54, 1.807) is 56.5 Å². The fourth-order valence-corrected chi connectivity index (χ4v) is 9.02. The lowest BCUT2D eigenvalue weighted by Gasteiger charge is -2.35. The van der Waals surface area contributed by atoms with Gasteiger partial charge in [0.15, 0.2) is 0 Å². The summed E-state index contributed by atoms with van der Waals surface area (Å²) in [5.74, 6) is -1.58. The molecule has 1 aromatic carbocycles. The summed E-state index contributed by atoms with van der Waals surface area (Å²) in [7, 11) is -2.19. The number of ether oxygens (including phenoxy) is 3. The van der Waals surface area contributed by atoms with Gasteiger partial charge in [0.1, 0.15) is 24.5 Å². The van der Waals surface area contributed by atoms with E-state index in [-0.39, 0.29) is 42.0 Å². The number of pyridine rings is 2.